The Bertz CT molecular complexity index is 872. The lowest BCUT2D eigenvalue weighted by molar-refractivity contribution is 0.237. The van der Waals surface area contributed by atoms with Crippen molar-refractivity contribution in [3.8, 4) is 5.75 Å². The topological polar surface area (TPSA) is 12.5 Å². The normalized spacial score (nSPS) is 12.4. The highest BCUT2D eigenvalue weighted by Gasteiger charge is 2.28. The second-order valence-electron chi connectivity index (χ2n) is 10.7. The molecule has 2 aromatic rings. The molecule has 0 heterocycles. The molecule has 0 aliphatic rings. The van der Waals surface area contributed by atoms with Gasteiger partial charge < -0.3 is 9.64 Å². The summed E-state index contributed by atoms with van der Waals surface area (Å²) >= 11 is 0. The zero-order valence-electron chi connectivity index (χ0n) is 20.6. The second kappa shape index (κ2) is 8.99. The van der Waals surface area contributed by atoms with Gasteiger partial charge in [-0.2, -0.15) is 0 Å². The molecule has 0 N–H and O–H groups in total. The molecule has 0 aliphatic heterocycles. The predicted octanol–water partition coefficient (Wildman–Crippen LogP) is 7.41. The molecule has 2 rings (SSSR count). The Morgan fingerprint density at radius 1 is 0.933 bits per heavy atom. The Hall–Kier alpha value is -2.03. The summed E-state index contributed by atoms with van der Waals surface area (Å²) in [5.74, 6) is 0.778. The predicted molar refractivity (Wildman–Crippen MR) is 127 cm³/mol. The van der Waals surface area contributed by atoms with Gasteiger partial charge in [-0.1, -0.05) is 60.6 Å². The van der Waals surface area contributed by atoms with Gasteiger partial charge in [-0.15, -0.1) is 0 Å². The summed E-state index contributed by atoms with van der Waals surface area (Å²) in [5, 5.41) is 0. The average Bonchev–Trinajstić information content (AvgIpc) is 2.60. The first-order chi connectivity index (χ1) is 13.7. The number of hydrogen-bond donors (Lipinski definition) is 0. The minimum Gasteiger partial charge on any atom is -0.489 e. The van der Waals surface area contributed by atoms with Crippen molar-refractivity contribution in [2.45, 2.75) is 92.2 Å². The molecule has 0 aliphatic carbocycles. The lowest BCUT2D eigenvalue weighted by atomic mass is 9.79. The van der Waals surface area contributed by atoms with Crippen LogP contribution in [0, 0.1) is 5.82 Å². The number of nitrogens with zero attached hydrogens (tertiary/aromatic N) is 1. The second-order valence-corrected chi connectivity index (χ2v) is 10.7. The summed E-state index contributed by atoms with van der Waals surface area (Å²) in [7, 11) is 2.10. The zero-order valence-corrected chi connectivity index (χ0v) is 20.6. The van der Waals surface area contributed by atoms with Gasteiger partial charge in [0, 0.05) is 19.2 Å². The minimum atomic E-state index is -0.174. The van der Waals surface area contributed by atoms with Gasteiger partial charge in [-0.25, -0.2) is 4.39 Å². The van der Waals surface area contributed by atoms with Crippen molar-refractivity contribution < 1.29 is 9.13 Å². The van der Waals surface area contributed by atoms with E-state index in [1.807, 2.05) is 6.07 Å². The van der Waals surface area contributed by atoms with E-state index < -0.39 is 0 Å². The van der Waals surface area contributed by atoms with Gasteiger partial charge in [0.25, 0.3) is 0 Å². The molecule has 2 aromatic carbocycles. The van der Waals surface area contributed by atoms with Crippen molar-refractivity contribution in [1.82, 2.24) is 0 Å². The standard InChI is InChI=1S/C27H40FNO/c1-11-19-14-22(28)13-12-20(19)17-29(10)24-16-21(26(4,5)6)15-23(27(7,8)9)25(24)30-18(2)3/h12-16,18H,11,17H2,1-10H3. The van der Waals surface area contributed by atoms with Crippen LogP contribution >= 0.6 is 0 Å². The smallest absolute Gasteiger partial charge is 0.146 e. The maximum absolute atomic E-state index is 13.7. The molecule has 30 heavy (non-hydrogen) atoms. The number of ether oxygens (including phenoxy) is 1. The van der Waals surface area contributed by atoms with Gasteiger partial charge in [-0.3, -0.25) is 0 Å². The van der Waals surface area contributed by atoms with E-state index >= 15 is 0 Å². The lowest BCUT2D eigenvalue weighted by Gasteiger charge is -2.33. The lowest BCUT2D eigenvalue weighted by Crippen LogP contribution is -2.24. The third-order valence-corrected chi connectivity index (χ3v) is 5.46. The minimum absolute atomic E-state index is 0.0242. The molecule has 0 bridgehead atoms. The molecule has 0 unspecified atom stereocenters. The van der Waals surface area contributed by atoms with E-state index in [9.17, 15) is 4.39 Å². The number of benzene rings is 2. The van der Waals surface area contributed by atoms with Gasteiger partial charge in [0.2, 0.25) is 0 Å². The summed E-state index contributed by atoms with van der Waals surface area (Å²) in [5.41, 5.74) is 5.78. The molecule has 0 fully saturated rings. The Morgan fingerprint density at radius 3 is 2.07 bits per heavy atom. The van der Waals surface area contributed by atoms with Crippen LogP contribution in [0.5, 0.6) is 5.75 Å². The third-order valence-electron chi connectivity index (χ3n) is 5.46. The van der Waals surface area contributed by atoms with E-state index in [-0.39, 0.29) is 22.8 Å². The van der Waals surface area contributed by atoms with Crippen LogP contribution in [0.2, 0.25) is 0 Å². The van der Waals surface area contributed by atoms with E-state index in [0.29, 0.717) is 6.54 Å². The number of hydrogen-bond acceptors (Lipinski definition) is 2. The summed E-state index contributed by atoms with van der Waals surface area (Å²) in [6.45, 7) is 20.4. The first kappa shape index (κ1) is 24.2. The summed E-state index contributed by atoms with van der Waals surface area (Å²) in [6.07, 6.45) is 0.890. The fourth-order valence-corrected chi connectivity index (χ4v) is 3.67. The molecule has 166 valence electrons. The Labute approximate surface area is 183 Å². The van der Waals surface area contributed by atoms with Crippen molar-refractivity contribution in [1.29, 1.82) is 0 Å². The molecule has 0 saturated heterocycles. The van der Waals surface area contributed by atoms with Crippen LogP contribution in [0.4, 0.5) is 10.1 Å². The Morgan fingerprint density at radius 2 is 1.57 bits per heavy atom. The SMILES string of the molecule is CCc1cc(F)ccc1CN(C)c1cc(C(C)(C)C)cc(C(C)(C)C)c1OC(C)C. The molecule has 2 nitrogen and oxygen atoms in total. The van der Waals surface area contributed by atoms with Crippen LogP contribution in [0.25, 0.3) is 0 Å². The van der Waals surface area contributed by atoms with Crippen LogP contribution in [-0.2, 0) is 23.8 Å². The van der Waals surface area contributed by atoms with E-state index in [2.05, 4.69) is 86.4 Å². The Kier molecular flexibility index (Phi) is 7.27. The first-order valence-electron chi connectivity index (χ1n) is 11.1. The van der Waals surface area contributed by atoms with Gasteiger partial charge in [0.1, 0.15) is 11.6 Å². The summed E-state index contributed by atoms with van der Waals surface area (Å²) in [4.78, 5) is 2.24. The summed E-state index contributed by atoms with van der Waals surface area (Å²) in [6, 6.07) is 9.69. The highest BCUT2D eigenvalue weighted by molar-refractivity contribution is 5.66. The van der Waals surface area contributed by atoms with E-state index in [1.165, 1.54) is 11.1 Å². The first-order valence-corrected chi connectivity index (χ1v) is 11.1. The van der Waals surface area contributed by atoms with E-state index in [0.717, 1.165) is 29.0 Å². The van der Waals surface area contributed by atoms with Gasteiger partial charge in [-0.05, 0) is 66.0 Å². The number of aryl methyl sites for hydroxylation is 1. The zero-order chi connectivity index (χ0) is 22.9. The fraction of sp³-hybridized carbons (Fsp3) is 0.556. The van der Waals surface area contributed by atoms with Gasteiger partial charge in [0.15, 0.2) is 0 Å². The van der Waals surface area contributed by atoms with Crippen molar-refractivity contribution in [3.63, 3.8) is 0 Å². The third kappa shape index (κ3) is 5.77. The van der Waals surface area contributed by atoms with Crippen LogP contribution in [-0.4, -0.2) is 13.2 Å². The number of rotatable bonds is 6. The monoisotopic (exact) mass is 413 g/mol. The van der Waals surface area contributed by atoms with Gasteiger partial charge in [0.05, 0.1) is 11.8 Å². The molecule has 0 atom stereocenters. The largest absolute Gasteiger partial charge is 0.489 e. The molecule has 0 amide bonds. The van der Waals surface area contributed by atoms with Crippen LogP contribution in [0.15, 0.2) is 30.3 Å². The van der Waals surface area contributed by atoms with E-state index in [4.69, 9.17) is 4.74 Å². The molecule has 0 saturated carbocycles. The Balaban J connectivity index is 2.66. The van der Waals surface area contributed by atoms with Crippen LogP contribution in [0.1, 0.15) is 84.6 Å². The van der Waals surface area contributed by atoms with Gasteiger partial charge >= 0.3 is 0 Å². The molecule has 0 spiro atoms. The molecule has 3 heteroatoms. The van der Waals surface area contributed by atoms with Crippen molar-refractivity contribution in [3.05, 3.63) is 58.4 Å². The molecular formula is C27H40FNO. The van der Waals surface area contributed by atoms with Crippen molar-refractivity contribution >= 4 is 5.69 Å². The quantitative estimate of drug-likeness (QED) is 0.489. The van der Waals surface area contributed by atoms with Crippen molar-refractivity contribution in [2.24, 2.45) is 0 Å². The van der Waals surface area contributed by atoms with Crippen LogP contribution in [0.3, 0.4) is 0 Å². The maximum atomic E-state index is 13.7. The highest BCUT2D eigenvalue weighted by atomic mass is 19.1. The van der Waals surface area contributed by atoms with E-state index in [1.54, 1.807) is 12.1 Å². The van der Waals surface area contributed by atoms with Crippen molar-refractivity contribution in [2.75, 3.05) is 11.9 Å². The highest BCUT2D eigenvalue weighted by Crippen LogP contribution is 2.43. The molecular weight excluding hydrogens is 373 g/mol. The fourth-order valence-electron chi connectivity index (χ4n) is 3.67. The average molecular weight is 414 g/mol. The van der Waals surface area contributed by atoms with Crippen LogP contribution < -0.4 is 9.64 Å². The maximum Gasteiger partial charge on any atom is 0.146 e. The summed E-state index contributed by atoms with van der Waals surface area (Å²) < 4.78 is 20.1. The molecule has 0 radical (unpaired) electrons. The molecule has 0 aromatic heterocycles. The number of anilines is 1. The number of halogens is 1.